The first-order valence-electron chi connectivity index (χ1n) is 8.86. The maximum atomic E-state index is 11.9. The van der Waals surface area contributed by atoms with Crippen LogP contribution in [0.15, 0.2) is 34.9 Å². The summed E-state index contributed by atoms with van der Waals surface area (Å²) in [5.74, 6) is 1.77. The number of benzene rings is 1. The molecule has 2 rings (SSSR count). The van der Waals surface area contributed by atoms with E-state index >= 15 is 0 Å². The third-order valence-electron chi connectivity index (χ3n) is 4.09. The number of carbonyl (C=O) groups excluding carboxylic acids is 1. The van der Waals surface area contributed by atoms with Crippen LogP contribution in [0.5, 0.6) is 0 Å². The monoisotopic (exact) mass is 344 g/mol. The lowest BCUT2D eigenvalue weighted by molar-refractivity contribution is 0.248. The van der Waals surface area contributed by atoms with Crippen LogP contribution in [0, 0.1) is 0 Å². The van der Waals surface area contributed by atoms with Gasteiger partial charge in [-0.1, -0.05) is 27.7 Å². The van der Waals surface area contributed by atoms with Crippen molar-refractivity contribution in [2.75, 3.05) is 31.5 Å². The van der Waals surface area contributed by atoms with Gasteiger partial charge in [0.1, 0.15) is 5.76 Å². The van der Waals surface area contributed by atoms with Crippen LogP contribution in [0.4, 0.5) is 10.5 Å². The number of aromatic nitrogens is 1. The summed E-state index contributed by atoms with van der Waals surface area (Å²) in [7, 11) is 0. The molecule has 1 aromatic heterocycles. The molecule has 2 amide bonds. The molecule has 0 bridgehead atoms. The molecule has 6 nitrogen and oxygen atoms in total. The second kappa shape index (κ2) is 9.22. The van der Waals surface area contributed by atoms with Gasteiger partial charge in [0, 0.05) is 30.3 Å². The van der Waals surface area contributed by atoms with Gasteiger partial charge in [-0.2, -0.15) is 0 Å². The van der Waals surface area contributed by atoms with Crippen LogP contribution in [0.1, 0.15) is 39.4 Å². The molecule has 1 aromatic carbocycles. The Bertz CT molecular complexity index is 660. The predicted octanol–water partition coefficient (Wildman–Crippen LogP) is 3.93. The summed E-state index contributed by atoms with van der Waals surface area (Å²) >= 11 is 0. The highest BCUT2D eigenvalue weighted by molar-refractivity contribution is 5.89. The van der Waals surface area contributed by atoms with Crippen LogP contribution in [-0.2, 0) is 0 Å². The van der Waals surface area contributed by atoms with Gasteiger partial charge in [0.2, 0.25) is 5.89 Å². The summed E-state index contributed by atoms with van der Waals surface area (Å²) in [5, 5.41) is 5.70. The molecule has 1 heterocycles. The average molecular weight is 344 g/mol. The molecule has 0 spiro atoms. The average Bonchev–Trinajstić information content (AvgIpc) is 3.10. The second-order valence-electron chi connectivity index (χ2n) is 6.21. The third kappa shape index (κ3) is 5.60. The summed E-state index contributed by atoms with van der Waals surface area (Å²) in [6.07, 6.45) is 1.76. The molecule has 25 heavy (non-hydrogen) atoms. The quantitative estimate of drug-likeness (QED) is 0.761. The summed E-state index contributed by atoms with van der Waals surface area (Å²) in [5.41, 5.74) is 1.62. The topological polar surface area (TPSA) is 70.4 Å². The molecule has 0 radical (unpaired) electrons. The Morgan fingerprint density at radius 2 is 1.88 bits per heavy atom. The lowest BCUT2D eigenvalue weighted by Gasteiger charge is -2.18. The van der Waals surface area contributed by atoms with Crippen LogP contribution < -0.4 is 10.6 Å². The number of carbonyl (C=O) groups is 1. The Labute approximate surface area is 149 Å². The van der Waals surface area contributed by atoms with E-state index in [-0.39, 0.29) is 6.03 Å². The molecular formula is C19H28N4O2. The fourth-order valence-electron chi connectivity index (χ4n) is 2.43. The maximum Gasteiger partial charge on any atom is 0.319 e. The Hall–Kier alpha value is -2.34. The van der Waals surface area contributed by atoms with Crippen molar-refractivity contribution in [3.8, 4) is 11.5 Å². The molecule has 0 unspecified atom stereocenters. The van der Waals surface area contributed by atoms with Crippen LogP contribution in [0.25, 0.3) is 11.5 Å². The van der Waals surface area contributed by atoms with E-state index in [1.54, 1.807) is 6.20 Å². The van der Waals surface area contributed by atoms with Crippen molar-refractivity contribution < 1.29 is 9.21 Å². The van der Waals surface area contributed by atoms with E-state index < -0.39 is 0 Å². The molecule has 0 aliphatic heterocycles. The normalized spacial score (nSPS) is 11.1. The Kier molecular flexibility index (Phi) is 7.01. The van der Waals surface area contributed by atoms with E-state index in [4.69, 9.17) is 4.42 Å². The highest BCUT2D eigenvalue weighted by Crippen LogP contribution is 2.24. The van der Waals surface area contributed by atoms with Crippen LogP contribution >= 0.6 is 0 Å². The molecule has 0 aliphatic carbocycles. The molecule has 0 saturated heterocycles. The highest BCUT2D eigenvalue weighted by Gasteiger charge is 2.10. The standard InChI is InChI=1S/C19H28N4O2/c1-5-23(6-2)12-11-20-19(24)22-16-9-7-15(8-10-16)18-21-13-17(25-18)14(3)4/h7-10,13-14H,5-6,11-12H2,1-4H3,(H2,20,22,24). The molecular weight excluding hydrogens is 316 g/mol. The number of nitrogens with zero attached hydrogens (tertiary/aromatic N) is 2. The van der Waals surface area contributed by atoms with Crippen molar-refractivity contribution in [2.45, 2.75) is 33.6 Å². The van der Waals surface area contributed by atoms with E-state index in [0.29, 0.717) is 18.4 Å². The lowest BCUT2D eigenvalue weighted by atomic mass is 10.2. The van der Waals surface area contributed by atoms with Gasteiger partial charge in [-0.05, 0) is 37.4 Å². The first kappa shape index (κ1) is 19.0. The SMILES string of the molecule is CCN(CC)CCNC(=O)Nc1ccc(-c2ncc(C(C)C)o2)cc1. The zero-order valence-electron chi connectivity index (χ0n) is 15.5. The molecule has 2 aromatic rings. The van der Waals surface area contributed by atoms with E-state index in [9.17, 15) is 4.79 Å². The fourth-order valence-corrected chi connectivity index (χ4v) is 2.43. The number of rotatable bonds is 8. The highest BCUT2D eigenvalue weighted by atomic mass is 16.4. The summed E-state index contributed by atoms with van der Waals surface area (Å²) in [6, 6.07) is 7.28. The Morgan fingerprint density at radius 3 is 2.44 bits per heavy atom. The van der Waals surface area contributed by atoms with Gasteiger partial charge >= 0.3 is 6.03 Å². The summed E-state index contributed by atoms with van der Waals surface area (Å²) in [6.45, 7) is 11.8. The summed E-state index contributed by atoms with van der Waals surface area (Å²) in [4.78, 5) is 18.5. The molecule has 0 aliphatic rings. The van der Waals surface area contributed by atoms with Gasteiger partial charge in [0.25, 0.3) is 0 Å². The first-order chi connectivity index (χ1) is 12.0. The van der Waals surface area contributed by atoms with Gasteiger partial charge in [-0.3, -0.25) is 0 Å². The summed E-state index contributed by atoms with van der Waals surface area (Å²) < 4.78 is 5.73. The van der Waals surface area contributed by atoms with Gasteiger partial charge in [-0.15, -0.1) is 0 Å². The number of oxazole rings is 1. The minimum Gasteiger partial charge on any atom is -0.441 e. The van der Waals surface area contributed by atoms with E-state index in [1.165, 1.54) is 0 Å². The minimum atomic E-state index is -0.196. The first-order valence-corrected chi connectivity index (χ1v) is 8.86. The maximum absolute atomic E-state index is 11.9. The smallest absolute Gasteiger partial charge is 0.319 e. The number of nitrogens with one attached hydrogen (secondary N) is 2. The third-order valence-corrected chi connectivity index (χ3v) is 4.09. The number of urea groups is 1. The number of likely N-dealkylation sites (N-methyl/N-ethyl adjacent to an activating group) is 1. The van der Waals surface area contributed by atoms with Gasteiger partial charge in [-0.25, -0.2) is 9.78 Å². The van der Waals surface area contributed by atoms with Crippen LogP contribution in [0.3, 0.4) is 0 Å². The van der Waals surface area contributed by atoms with Gasteiger partial charge in [0.05, 0.1) is 6.20 Å². The van der Waals surface area contributed by atoms with E-state index in [1.807, 2.05) is 24.3 Å². The lowest BCUT2D eigenvalue weighted by Crippen LogP contribution is -2.36. The largest absolute Gasteiger partial charge is 0.441 e. The Morgan fingerprint density at radius 1 is 1.20 bits per heavy atom. The zero-order chi connectivity index (χ0) is 18.2. The van der Waals surface area contributed by atoms with Crippen molar-refractivity contribution in [1.82, 2.24) is 15.2 Å². The van der Waals surface area contributed by atoms with Gasteiger partial charge < -0.3 is 20.0 Å². The second-order valence-corrected chi connectivity index (χ2v) is 6.21. The van der Waals surface area contributed by atoms with Crippen LogP contribution in [-0.4, -0.2) is 42.1 Å². The van der Waals surface area contributed by atoms with Crippen molar-refractivity contribution in [2.24, 2.45) is 0 Å². The van der Waals surface area contributed by atoms with E-state index in [0.717, 1.165) is 36.6 Å². The van der Waals surface area contributed by atoms with Crippen molar-refractivity contribution >= 4 is 11.7 Å². The van der Waals surface area contributed by atoms with Crippen LogP contribution in [0.2, 0.25) is 0 Å². The van der Waals surface area contributed by atoms with E-state index in [2.05, 4.69) is 48.2 Å². The molecule has 0 fully saturated rings. The van der Waals surface area contributed by atoms with Gasteiger partial charge in [0.15, 0.2) is 0 Å². The van der Waals surface area contributed by atoms with Crippen molar-refractivity contribution in [3.63, 3.8) is 0 Å². The predicted molar refractivity (Wildman–Crippen MR) is 101 cm³/mol. The van der Waals surface area contributed by atoms with Crippen molar-refractivity contribution in [3.05, 3.63) is 36.2 Å². The molecule has 0 saturated carbocycles. The molecule has 2 N–H and O–H groups in total. The fraction of sp³-hybridized carbons (Fsp3) is 0.474. The van der Waals surface area contributed by atoms with Crippen molar-refractivity contribution in [1.29, 1.82) is 0 Å². The minimum absolute atomic E-state index is 0.196. The number of hydrogen-bond acceptors (Lipinski definition) is 4. The zero-order valence-corrected chi connectivity index (χ0v) is 15.5. The number of anilines is 1. The number of amides is 2. The molecule has 6 heteroatoms. The Balaban J connectivity index is 1.86. The number of hydrogen-bond donors (Lipinski definition) is 2. The molecule has 0 atom stereocenters. The molecule has 136 valence electrons.